The minimum absolute atomic E-state index is 0.335. The Morgan fingerprint density at radius 3 is 2.50 bits per heavy atom. The van der Waals surface area contributed by atoms with Crippen LogP contribution in [-0.4, -0.2) is 6.08 Å². The van der Waals surface area contributed by atoms with Crippen LogP contribution in [0.1, 0.15) is 43.7 Å². The van der Waals surface area contributed by atoms with E-state index in [1.165, 1.54) is 6.07 Å². The van der Waals surface area contributed by atoms with Crippen LogP contribution in [0.3, 0.4) is 0 Å². The third-order valence-electron chi connectivity index (χ3n) is 3.71. The molecule has 1 aliphatic rings. The SMILES string of the molecule is CCc1cc(C2(N=C=O)CCCC2)c(F)cc1F. The molecule has 0 bridgehead atoms. The van der Waals surface area contributed by atoms with Crippen LogP contribution in [-0.2, 0) is 16.8 Å². The fourth-order valence-corrected chi connectivity index (χ4v) is 2.71. The number of isocyanates is 1. The van der Waals surface area contributed by atoms with Crippen LogP contribution in [0.5, 0.6) is 0 Å². The first kappa shape index (κ1) is 12.9. The second kappa shape index (κ2) is 4.99. The van der Waals surface area contributed by atoms with Gasteiger partial charge >= 0.3 is 0 Å². The molecule has 0 aliphatic heterocycles. The van der Waals surface area contributed by atoms with E-state index < -0.39 is 17.2 Å². The molecule has 1 aromatic rings. The van der Waals surface area contributed by atoms with Crippen LogP contribution in [0.2, 0.25) is 0 Å². The van der Waals surface area contributed by atoms with Gasteiger partial charge < -0.3 is 0 Å². The predicted octanol–water partition coefficient (Wildman–Crippen LogP) is 3.63. The summed E-state index contributed by atoms with van der Waals surface area (Å²) >= 11 is 0. The van der Waals surface area contributed by atoms with Crippen molar-refractivity contribution < 1.29 is 13.6 Å². The fourth-order valence-electron chi connectivity index (χ4n) is 2.71. The van der Waals surface area contributed by atoms with Crippen molar-refractivity contribution in [3.05, 3.63) is 34.9 Å². The van der Waals surface area contributed by atoms with Crippen LogP contribution in [0, 0.1) is 11.6 Å². The van der Waals surface area contributed by atoms with Gasteiger partial charge in [0.2, 0.25) is 6.08 Å². The van der Waals surface area contributed by atoms with Crippen LogP contribution >= 0.6 is 0 Å². The van der Waals surface area contributed by atoms with Gasteiger partial charge in [-0.2, -0.15) is 4.99 Å². The number of aliphatic imine (C=N–C) groups is 1. The Labute approximate surface area is 105 Å². The van der Waals surface area contributed by atoms with Crippen LogP contribution < -0.4 is 0 Å². The van der Waals surface area contributed by atoms with Gasteiger partial charge in [0.1, 0.15) is 17.2 Å². The van der Waals surface area contributed by atoms with Crippen LogP contribution in [0.25, 0.3) is 0 Å². The minimum Gasteiger partial charge on any atom is -0.211 e. The van der Waals surface area contributed by atoms with Gasteiger partial charge in [-0.1, -0.05) is 19.8 Å². The molecular weight excluding hydrogens is 236 g/mol. The first-order valence-corrected chi connectivity index (χ1v) is 6.20. The van der Waals surface area contributed by atoms with Gasteiger partial charge in [-0.25, -0.2) is 13.6 Å². The molecule has 1 aliphatic carbocycles. The van der Waals surface area contributed by atoms with E-state index in [9.17, 15) is 13.6 Å². The topological polar surface area (TPSA) is 29.4 Å². The second-order valence-corrected chi connectivity index (χ2v) is 4.72. The molecule has 0 N–H and O–H groups in total. The summed E-state index contributed by atoms with van der Waals surface area (Å²) < 4.78 is 27.4. The first-order chi connectivity index (χ1) is 8.63. The van der Waals surface area contributed by atoms with Crippen molar-refractivity contribution in [1.29, 1.82) is 0 Å². The van der Waals surface area contributed by atoms with Crippen molar-refractivity contribution in [2.45, 2.75) is 44.6 Å². The average molecular weight is 251 g/mol. The minimum atomic E-state index is -0.830. The van der Waals surface area contributed by atoms with Gasteiger partial charge in [0.25, 0.3) is 0 Å². The lowest BCUT2D eigenvalue weighted by atomic mass is 9.87. The van der Waals surface area contributed by atoms with Crippen molar-refractivity contribution in [3.63, 3.8) is 0 Å². The quantitative estimate of drug-likeness (QED) is 0.595. The Hall–Kier alpha value is -1.54. The summed E-state index contributed by atoms with van der Waals surface area (Å²) in [6.07, 6.45) is 5.05. The molecule has 0 saturated heterocycles. The highest BCUT2D eigenvalue weighted by molar-refractivity contribution is 5.40. The van der Waals surface area contributed by atoms with Gasteiger partial charge in [-0.15, -0.1) is 0 Å². The van der Waals surface area contributed by atoms with Crippen molar-refractivity contribution in [2.24, 2.45) is 4.99 Å². The molecule has 96 valence electrons. The van der Waals surface area contributed by atoms with E-state index in [2.05, 4.69) is 4.99 Å². The lowest BCUT2D eigenvalue weighted by molar-refractivity contribution is 0.426. The van der Waals surface area contributed by atoms with Crippen molar-refractivity contribution in [1.82, 2.24) is 0 Å². The number of hydrogen-bond donors (Lipinski definition) is 0. The molecule has 4 heteroatoms. The van der Waals surface area contributed by atoms with Crippen molar-refractivity contribution in [3.8, 4) is 0 Å². The summed E-state index contributed by atoms with van der Waals surface area (Å²) in [5.41, 5.74) is -0.0379. The standard InChI is InChI=1S/C14H15F2NO/c1-2-10-7-11(13(16)8-12(10)15)14(17-9-18)5-3-4-6-14/h7-8H,2-6H2,1H3. The molecule has 0 unspecified atom stereocenters. The number of nitrogens with zero attached hydrogens (tertiary/aromatic N) is 1. The zero-order valence-corrected chi connectivity index (χ0v) is 10.3. The third-order valence-corrected chi connectivity index (χ3v) is 3.71. The Balaban J connectivity index is 2.57. The van der Waals surface area contributed by atoms with E-state index in [1.807, 2.05) is 6.92 Å². The van der Waals surface area contributed by atoms with Crippen molar-refractivity contribution >= 4 is 6.08 Å². The lowest BCUT2D eigenvalue weighted by Gasteiger charge is -2.24. The summed E-state index contributed by atoms with van der Waals surface area (Å²) in [4.78, 5) is 14.4. The molecule has 0 atom stereocenters. The van der Waals surface area contributed by atoms with Crippen LogP contribution in [0.4, 0.5) is 8.78 Å². The molecule has 0 spiro atoms. The van der Waals surface area contributed by atoms with E-state index in [1.54, 1.807) is 6.08 Å². The summed E-state index contributed by atoms with van der Waals surface area (Å²) in [6.45, 7) is 1.81. The summed E-state index contributed by atoms with van der Waals surface area (Å²) in [5.74, 6) is -1.16. The molecule has 0 heterocycles. The largest absolute Gasteiger partial charge is 0.235 e. The second-order valence-electron chi connectivity index (χ2n) is 4.72. The summed E-state index contributed by atoms with van der Waals surface area (Å²) in [5, 5.41) is 0. The number of aryl methyl sites for hydroxylation is 1. The Morgan fingerprint density at radius 1 is 1.28 bits per heavy atom. The Bertz CT molecular complexity index is 501. The van der Waals surface area contributed by atoms with E-state index >= 15 is 0 Å². The molecule has 0 radical (unpaired) electrons. The zero-order valence-electron chi connectivity index (χ0n) is 10.3. The van der Waals surface area contributed by atoms with E-state index in [4.69, 9.17) is 0 Å². The maximum absolute atomic E-state index is 14.0. The highest BCUT2D eigenvalue weighted by Crippen LogP contribution is 2.43. The highest BCUT2D eigenvalue weighted by atomic mass is 19.1. The van der Waals surface area contributed by atoms with Gasteiger partial charge in [-0.05, 0) is 30.9 Å². The average Bonchev–Trinajstić information content (AvgIpc) is 2.79. The predicted molar refractivity (Wildman–Crippen MR) is 64.0 cm³/mol. The number of halogens is 2. The summed E-state index contributed by atoms with van der Waals surface area (Å²) in [7, 11) is 0. The lowest BCUT2D eigenvalue weighted by Crippen LogP contribution is -2.21. The van der Waals surface area contributed by atoms with E-state index in [0.717, 1.165) is 18.9 Å². The summed E-state index contributed by atoms with van der Waals surface area (Å²) in [6, 6.07) is 2.41. The van der Waals surface area contributed by atoms with Gasteiger partial charge in [-0.3, -0.25) is 0 Å². The highest BCUT2D eigenvalue weighted by Gasteiger charge is 2.38. The molecule has 2 nitrogen and oxygen atoms in total. The fraction of sp³-hybridized carbons (Fsp3) is 0.500. The normalized spacial score (nSPS) is 17.5. The third kappa shape index (κ3) is 2.08. The number of benzene rings is 1. The molecule has 1 fully saturated rings. The number of hydrogen-bond acceptors (Lipinski definition) is 2. The van der Waals surface area contributed by atoms with E-state index in [-0.39, 0.29) is 0 Å². The number of carbonyl (C=O) groups excluding carboxylic acids is 1. The first-order valence-electron chi connectivity index (χ1n) is 6.20. The van der Waals surface area contributed by atoms with Gasteiger partial charge in [0, 0.05) is 11.6 Å². The molecule has 18 heavy (non-hydrogen) atoms. The van der Waals surface area contributed by atoms with Crippen molar-refractivity contribution in [2.75, 3.05) is 0 Å². The maximum Gasteiger partial charge on any atom is 0.235 e. The van der Waals surface area contributed by atoms with Gasteiger partial charge in [0.15, 0.2) is 0 Å². The molecular formula is C14H15F2NO. The monoisotopic (exact) mass is 251 g/mol. The maximum atomic E-state index is 14.0. The number of rotatable bonds is 3. The van der Waals surface area contributed by atoms with E-state index in [0.29, 0.717) is 30.4 Å². The molecule has 0 amide bonds. The Kier molecular flexibility index (Phi) is 3.58. The molecule has 1 saturated carbocycles. The molecule has 2 rings (SSSR count). The molecule has 0 aromatic heterocycles. The van der Waals surface area contributed by atoms with Crippen LogP contribution in [0.15, 0.2) is 17.1 Å². The smallest absolute Gasteiger partial charge is 0.211 e. The molecule has 1 aromatic carbocycles. The zero-order chi connectivity index (χ0) is 13.2. The Morgan fingerprint density at radius 2 is 1.94 bits per heavy atom. The van der Waals surface area contributed by atoms with Gasteiger partial charge in [0.05, 0.1) is 0 Å².